The van der Waals surface area contributed by atoms with Crippen molar-refractivity contribution in [1.82, 2.24) is 0 Å². The van der Waals surface area contributed by atoms with Gasteiger partial charge in [0.15, 0.2) is 0 Å². The van der Waals surface area contributed by atoms with Gasteiger partial charge in [0.05, 0.1) is 12.0 Å². The quantitative estimate of drug-likeness (QED) is 0.655. The minimum absolute atomic E-state index is 0.0471. The van der Waals surface area contributed by atoms with E-state index in [4.69, 9.17) is 10.5 Å². The van der Waals surface area contributed by atoms with Crippen molar-refractivity contribution in [3.8, 4) is 0 Å². The lowest BCUT2D eigenvalue weighted by molar-refractivity contribution is -0.155. The lowest BCUT2D eigenvalue weighted by Gasteiger charge is -2.26. The zero-order chi connectivity index (χ0) is 13.7. The van der Waals surface area contributed by atoms with Crippen molar-refractivity contribution in [2.45, 2.75) is 45.1 Å². The number of hydrogen-bond acceptors (Lipinski definition) is 3. The number of carbonyl (C=O) groups is 1. The molecule has 104 valence electrons. The average molecular weight is 261 g/mol. The highest BCUT2D eigenvalue weighted by atomic mass is 16.5. The molecule has 2 atom stereocenters. The second-order valence-corrected chi connectivity index (χ2v) is 5.64. The summed E-state index contributed by atoms with van der Waals surface area (Å²) in [7, 11) is 0. The molecule has 0 amide bonds. The van der Waals surface area contributed by atoms with E-state index in [9.17, 15) is 4.79 Å². The molecule has 0 spiro atoms. The van der Waals surface area contributed by atoms with E-state index in [1.54, 1.807) is 0 Å². The maximum Gasteiger partial charge on any atom is 0.313 e. The Morgan fingerprint density at radius 2 is 2.16 bits per heavy atom. The lowest BCUT2D eigenvalue weighted by atomic mass is 9.85. The molecule has 0 aromatic heterocycles. The molecule has 0 heterocycles. The molecule has 19 heavy (non-hydrogen) atoms. The van der Waals surface area contributed by atoms with Gasteiger partial charge in [-0.1, -0.05) is 36.8 Å². The molecule has 1 aromatic carbocycles. The monoisotopic (exact) mass is 261 g/mol. The van der Waals surface area contributed by atoms with Crippen LogP contribution in [0.5, 0.6) is 0 Å². The predicted octanol–water partition coefficient (Wildman–Crippen LogP) is 2.68. The third-order valence-corrected chi connectivity index (χ3v) is 4.18. The standard InChI is InChI=1S/C16H23NO2/c1-16(11-5-10-14(16)17)15(18)19-12-6-9-13-7-3-2-4-8-13/h2-4,7-8,14H,5-6,9-12,17H2,1H3. The highest BCUT2D eigenvalue weighted by molar-refractivity contribution is 5.77. The van der Waals surface area contributed by atoms with Crippen LogP contribution in [0.15, 0.2) is 30.3 Å². The van der Waals surface area contributed by atoms with Gasteiger partial charge in [0.1, 0.15) is 0 Å². The molecular formula is C16H23NO2. The number of benzene rings is 1. The van der Waals surface area contributed by atoms with Gasteiger partial charge in [-0.3, -0.25) is 4.79 Å². The molecule has 0 aliphatic heterocycles. The summed E-state index contributed by atoms with van der Waals surface area (Å²) in [4.78, 5) is 12.1. The van der Waals surface area contributed by atoms with Gasteiger partial charge in [-0.05, 0) is 38.2 Å². The molecule has 1 aromatic rings. The first-order valence-electron chi connectivity index (χ1n) is 7.09. The molecule has 2 unspecified atom stereocenters. The maximum absolute atomic E-state index is 12.1. The zero-order valence-electron chi connectivity index (χ0n) is 11.6. The molecule has 2 rings (SSSR count). The summed E-state index contributed by atoms with van der Waals surface area (Å²) in [5.74, 6) is -0.120. The lowest BCUT2D eigenvalue weighted by Crippen LogP contribution is -2.42. The van der Waals surface area contributed by atoms with Crippen LogP contribution < -0.4 is 5.73 Å². The van der Waals surface area contributed by atoms with Gasteiger partial charge in [-0.2, -0.15) is 0 Å². The molecule has 3 nitrogen and oxygen atoms in total. The Morgan fingerprint density at radius 3 is 2.79 bits per heavy atom. The normalized spacial score (nSPS) is 26.3. The Balaban J connectivity index is 1.73. The van der Waals surface area contributed by atoms with E-state index < -0.39 is 5.41 Å². The van der Waals surface area contributed by atoms with Gasteiger partial charge in [-0.15, -0.1) is 0 Å². The summed E-state index contributed by atoms with van der Waals surface area (Å²) in [5, 5.41) is 0. The first-order chi connectivity index (χ1) is 9.13. The average Bonchev–Trinajstić information content (AvgIpc) is 2.77. The Kier molecular flexibility index (Phi) is 4.59. The second kappa shape index (κ2) is 6.20. The first-order valence-corrected chi connectivity index (χ1v) is 7.09. The number of rotatable bonds is 5. The molecule has 0 radical (unpaired) electrons. The summed E-state index contributed by atoms with van der Waals surface area (Å²) in [6, 6.07) is 10.2. The number of carbonyl (C=O) groups excluding carboxylic acids is 1. The predicted molar refractivity (Wildman–Crippen MR) is 75.7 cm³/mol. The van der Waals surface area contributed by atoms with Crippen molar-refractivity contribution in [1.29, 1.82) is 0 Å². The van der Waals surface area contributed by atoms with Crippen LogP contribution in [0.1, 0.15) is 38.2 Å². The Bertz CT molecular complexity index is 418. The van der Waals surface area contributed by atoms with Crippen LogP contribution in [-0.4, -0.2) is 18.6 Å². The van der Waals surface area contributed by atoms with Gasteiger partial charge in [0, 0.05) is 6.04 Å². The van der Waals surface area contributed by atoms with Gasteiger partial charge in [0.2, 0.25) is 0 Å². The Morgan fingerprint density at radius 1 is 1.42 bits per heavy atom. The number of esters is 1. The number of hydrogen-bond donors (Lipinski definition) is 1. The van der Waals surface area contributed by atoms with Crippen LogP contribution in [0.3, 0.4) is 0 Å². The van der Waals surface area contributed by atoms with E-state index in [1.165, 1.54) is 5.56 Å². The van der Waals surface area contributed by atoms with Crippen molar-refractivity contribution < 1.29 is 9.53 Å². The number of aryl methyl sites for hydroxylation is 1. The molecule has 1 fully saturated rings. The van der Waals surface area contributed by atoms with Crippen molar-refractivity contribution in [3.63, 3.8) is 0 Å². The maximum atomic E-state index is 12.1. The number of ether oxygens (including phenoxy) is 1. The van der Waals surface area contributed by atoms with Gasteiger partial charge < -0.3 is 10.5 Å². The molecule has 1 saturated carbocycles. The first kappa shape index (κ1) is 14.1. The van der Waals surface area contributed by atoms with E-state index >= 15 is 0 Å². The molecule has 2 N–H and O–H groups in total. The fourth-order valence-corrected chi connectivity index (χ4v) is 2.70. The third-order valence-electron chi connectivity index (χ3n) is 4.18. The van der Waals surface area contributed by atoms with E-state index in [1.807, 2.05) is 25.1 Å². The molecule has 0 saturated heterocycles. The van der Waals surface area contributed by atoms with E-state index in [0.717, 1.165) is 32.1 Å². The summed E-state index contributed by atoms with van der Waals surface area (Å²) in [5.41, 5.74) is 6.82. The van der Waals surface area contributed by atoms with E-state index in [-0.39, 0.29) is 12.0 Å². The van der Waals surface area contributed by atoms with Crippen LogP contribution in [-0.2, 0) is 16.0 Å². The summed E-state index contributed by atoms with van der Waals surface area (Å²) < 4.78 is 5.40. The van der Waals surface area contributed by atoms with Crippen molar-refractivity contribution in [2.75, 3.05) is 6.61 Å². The molecule has 1 aliphatic rings. The summed E-state index contributed by atoms with van der Waals surface area (Å²) >= 11 is 0. The molecule has 1 aliphatic carbocycles. The van der Waals surface area contributed by atoms with Gasteiger partial charge >= 0.3 is 5.97 Å². The van der Waals surface area contributed by atoms with Crippen molar-refractivity contribution >= 4 is 5.97 Å². The molecule has 0 bridgehead atoms. The minimum Gasteiger partial charge on any atom is -0.465 e. The molecule has 3 heteroatoms. The number of nitrogens with two attached hydrogens (primary N) is 1. The fourth-order valence-electron chi connectivity index (χ4n) is 2.70. The topological polar surface area (TPSA) is 52.3 Å². The highest BCUT2D eigenvalue weighted by Crippen LogP contribution is 2.37. The summed E-state index contributed by atoms with van der Waals surface area (Å²) in [6.45, 7) is 2.42. The smallest absolute Gasteiger partial charge is 0.313 e. The van der Waals surface area contributed by atoms with Crippen LogP contribution >= 0.6 is 0 Å². The molecular weight excluding hydrogens is 238 g/mol. The van der Waals surface area contributed by atoms with E-state index in [0.29, 0.717) is 6.61 Å². The van der Waals surface area contributed by atoms with Crippen LogP contribution in [0, 0.1) is 5.41 Å². The van der Waals surface area contributed by atoms with Gasteiger partial charge in [-0.25, -0.2) is 0 Å². The summed E-state index contributed by atoms with van der Waals surface area (Å²) in [6.07, 6.45) is 4.61. The fraction of sp³-hybridized carbons (Fsp3) is 0.562. The van der Waals surface area contributed by atoms with Gasteiger partial charge in [0.25, 0.3) is 0 Å². The van der Waals surface area contributed by atoms with Crippen LogP contribution in [0.4, 0.5) is 0 Å². The zero-order valence-corrected chi connectivity index (χ0v) is 11.6. The van der Waals surface area contributed by atoms with Crippen LogP contribution in [0.25, 0.3) is 0 Å². The van der Waals surface area contributed by atoms with Crippen molar-refractivity contribution in [3.05, 3.63) is 35.9 Å². The van der Waals surface area contributed by atoms with E-state index in [2.05, 4.69) is 12.1 Å². The SMILES string of the molecule is CC1(C(=O)OCCCc2ccccc2)CCCC1N. The van der Waals surface area contributed by atoms with Crippen LogP contribution in [0.2, 0.25) is 0 Å². The van der Waals surface area contributed by atoms with Crippen molar-refractivity contribution in [2.24, 2.45) is 11.1 Å². The highest BCUT2D eigenvalue weighted by Gasteiger charge is 2.44. The second-order valence-electron chi connectivity index (χ2n) is 5.64. The third kappa shape index (κ3) is 3.35. The largest absolute Gasteiger partial charge is 0.465 e. The minimum atomic E-state index is -0.466. The Labute approximate surface area is 115 Å². The Hall–Kier alpha value is -1.35.